The predicted octanol–water partition coefficient (Wildman–Crippen LogP) is 3.44. The van der Waals surface area contributed by atoms with Gasteiger partial charge in [-0.15, -0.1) is 0 Å². The van der Waals surface area contributed by atoms with Crippen LogP contribution in [0.3, 0.4) is 0 Å². The molecule has 3 rings (SSSR count). The summed E-state index contributed by atoms with van der Waals surface area (Å²) in [5.74, 6) is -2.26. The molecule has 0 saturated heterocycles. The average molecular weight is 528 g/mol. The smallest absolute Gasteiger partial charge is 0.194 e. The van der Waals surface area contributed by atoms with E-state index in [9.17, 15) is 24.6 Å². The van der Waals surface area contributed by atoms with Gasteiger partial charge in [0.15, 0.2) is 17.3 Å². The van der Waals surface area contributed by atoms with Crippen LogP contribution in [0.2, 0.25) is 0 Å². The van der Waals surface area contributed by atoms with Crippen molar-refractivity contribution in [2.45, 2.75) is 78.1 Å². The first-order chi connectivity index (χ1) is 18.1. The van der Waals surface area contributed by atoms with Crippen molar-refractivity contribution in [3.05, 3.63) is 39.8 Å². The van der Waals surface area contributed by atoms with Gasteiger partial charge in [-0.2, -0.15) is 0 Å². The Hall–Kier alpha value is -3.17. The molecule has 0 fully saturated rings. The maximum atomic E-state index is 13.8. The lowest BCUT2D eigenvalue weighted by Gasteiger charge is -2.29. The molecule has 0 saturated carbocycles. The number of phenolic OH excluding ortho intramolecular Hbond substituents is 2. The third-order valence-corrected chi connectivity index (χ3v) is 7.49. The minimum absolute atomic E-state index is 0.000962. The maximum Gasteiger partial charge on any atom is 0.194 e. The molecule has 1 aromatic carbocycles. The fourth-order valence-electron chi connectivity index (χ4n) is 5.15. The van der Waals surface area contributed by atoms with E-state index < -0.39 is 28.5 Å². The van der Waals surface area contributed by atoms with Gasteiger partial charge in [0.2, 0.25) is 0 Å². The number of Topliss-reactive ketones (excluding diaryl/α,β-unsaturated/α-hetero) is 2. The highest BCUT2D eigenvalue weighted by Gasteiger charge is 2.56. The molecule has 0 amide bonds. The minimum atomic E-state index is -1.49. The molecule has 38 heavy (non-hydrogen) atoms. The quantitative estimate of drug-likeness (QED) is 0.106. The highest BCUT2D eigenvalue weighted by molar-refractivity contribution is 6.31. The van der Waals surface area contributed by atoms with E-state index in [1.54, 1.807) is 13.8 Å². The van der Waals surface area contributed by atoms with Crippen molar-refractivity contribution < 1.29 is 29.3 Å². The highest BCUT2D eigenvalue weighted by Crippen LogP contribution is 2.57. The molecule has 208 valence electrons. The number of ether oxygens (including phenoxy) is 1. The zero-order chi connectivity index (χ0) is 28.0. The van der Waals surface area contributed by atoms with Crippen LogP contribution in [0.25, 0.3) is 0 Å². The summed E-state index contributed by atoms with van der Waals surface area (Å²) in [6, 6.07) is 0. The van der Waals surface area contributed by atoms with E-state index >= 15 is 0 Å². The van der Waals surface area contributed by atoms with Crippen molar-refractivity contribution in [1.29, 1.82) is 0 Å². The topological polar surface area (TPSA) is 151 Å². The van der Waals surface area contributed by atoms with Gasteiger partial charge in [0.05, 0.1) is 11.1 Å². The largest absolute Gasteiger partial charge is 0.507 e. The molecule has 9 nitrogen and oxygen atoms in total. The Morgan fingerprint density at radius 2 is 1.58 bits per heavy atom. The first-order valence-electron chi connectivity index (χ1n) is 13.5. The standard InChI is InChI=1S/C29H41N3O6/c1-17-25(35)23(19(3)33)27-24(26(17)36)29(4)21(38-27)16-20(34)22(28(29)37)18(2)32-15-11-6-5-9-13-31-14-10-7-8-12-30/h16,31-32,35-36H,5-15,30H2,1-4H3/b22-18+/t29-/m0/s1. The van der Waals surface area contributed by atoms with Crippen LogP contribution < -0.4 is 21.1 Å². The predicted molar refractivity (Wildman–Crippen MR) is 146 cm³/mol. The van der Waals surface area contributed by atoms with Crippen molar-refractivity contribution in [1.82, 2.24) is 10.6 Å². The number of carbonyl (C=O) groups is 3. The van der Waals surface area contributed by atoms with E-state index in [1.807, 2.05) is 0 Å². The third kappa shape index (κ3) is 5.63. The first-order valence-corrected chi connectivity index (χ1v) is 13.5. The summed E-state index contributed by atoms with van der Waals surface area (Å²) in [4.78, 5) is 39.0. The Labute approximate surface area is 224 Å². The van der Waals surface area contributed by atoms with E-state index in [4.69, 9.17) is 10.5 Å². The lowest BCUT2D eigenvalue weighted by Crippen LogP contribution is -2.41. The lowest BCUT2D eigenvalue weighted by atomic mass is 9.70. The van der Waals surface area contributed by atoms with Crippen LogP contribution in [0.1, 0.15) is 87.2 Å². The van der Waals surface area contributed by atoms with Crippen molar-refractivity contribution >= 4 is 17.3 Å². The van der Waals surface area contributed by atoms with Crippen LogP contribution in [0.5, 0.6) is 17.2 Å². The van der Waals surface area contributed by atoms with Crippen LogP contribution in [0.15, 0.2) is 23.1 Å². The van der Waals surface area contributed by atoms with E-state index in [1.165, 1.54) is 19.9 Å². The molecule has 1 atom stereocenters. The highest BCUT2D eigenvalue weighted by atomic mass is 16.5. The number of unbranched alkanes of at least 4 members (excludes halogenated alkanes) is 5. The zero-order valence-corrected chi connectivity index (χ0v) is 23.0. The molecular weight excluding hydrogens is 486 g/mol. The molecular formula is C29H41N3O6. The molecule has 1 heterocycles. The first kappa shape index (κ1) is 29.4. The van der Waals surface area contributed by atoms with E-state index in [0.717, 1.165) is 64.6 Å². The summed E-state index contributed by atoms with van der Waals surface area (Å²) in [5, 5.41) is 28.0. The van der Waals surface area contributed by atoms with E-state index in [0.29, 0.717) is 12.2 Å². The molecule has 0 spiro atoms. The molecule has 0 radical (unpaired) electrons. The van der Waals surface area contributed by atoms with Crippen LogP contribution in [-0.4, -0.2) is 53.7 Å². The summed E-state index contributed by atoms with van der Waals surface area (Å²) >= 11 is 0. The summed E-state index contributed by atoms with van der Waals surface area (Å²) < 4.78 is 5.80. The van der Waals surface area contributed by atoms with Crippen LogP contribution in [0.4, 0.5) is 0 Å². The van der Waals surface area contributed by atoms with Crippen molar-refractivity contribution in [3.8, 4) is 17.2 Å². The van der Waals surface area contributed by atoms with Gasteiger partial charge in [-0.25, -0.2) is 0 Å². The Balaban J connectivity index is 1.65. The summed E-state index contributed by atoms with van der Waals surface area (Å²) in [6.45, 7) is 9.38. The van der Waals surface area contributed by atoms with Crippen LogP contribution in [0, 0.1) is 6.92 Å². The minimum Gasteiger partial charge on any atom is -0.507 e. The number of nitrogens with one attached hydrogen (secondary N) is 2. The van der Waals surface area contributed by atoms with Crippen molar-refractivity contribution in [2.75, 3.05) is 26.2 Å². The number of allylic oxidation sites excluding steroid dienone is 4. The number of ketones is 3. The molecule has 1 aliphatic carbocycles. The van der Waals surface area contributed by atoms with Gasteiger partial charge in [-0.3, -0.25) is 14.4 Å². The number of carbonyl (C=O) groups excluding carboxylic acids is 3. The number of phenols is 2. The molecule has 9 heteroatoms. The van der Waals surface area contributed by atoms with Gasteiger partial charge in [0.1, 0.15) is 34.0 Å². The number of nitrogens with two attached hydrogens (primary N) is 1. The van der Waals surface area contributed by atoms with Gasteiger partial charge in [0, 0.05) is 23.9 Å². The van der Waals surface area contributed by atoms with Gasteiger partial charge in [-0.05, 0) is 73.0 Å². The Bertz CT molecular complexity index is 1170. The van der Waals surface area contributed by atoms with E-state index in [-0.39, 0.29) is 39.5 Å². The summed E-state index contributed by atoms with van der Waals surface area (Å²) in [6.07, 6.45) is 8.74. The Morgan fingerprint density at radius 3 is 2.18 bits per heavy atom. The number of aromatic hydroxyl groups is 2. The number of hydrogen-bond donors (Lipinski definition) is 5. The number of rotatable bonds is 14. The van der Waals surface area contributed by atoms with Crippen molar-refractivity contribution in [3.63, 3.8) is 0 Å². The molecule has 2 aliphatic rings. The SMILES string of the molecule is CC(=O)c1c(O)c(C)c(O)c2c1OC1=CC(=O)/C(=C(/C)NCCCCCCNCCCCCN)C(=O)[C@@]12C. The average Bonchev–Trinajstić information content (AvgIpc) is 3.16. The van der Waals surface area contributed by atoms with Crippen molar-refractivity contribution in [2.24, 2.45) is 5.73 Å². The summed E-state index contributed by atoms with van der Waals surface area (Å²) in [7, 11) is 0. The van der Waals surface area contributed by atoms with Gasteiger partial charge >= 0.3 is 0 Å². The van der Waals surface area contributed by atoms with Crippen LogP contribution >= 0.6 is 0 Å². The number of benzene rings is 1. The van der Waals surface area contributed by atoms with Gasteiger partial charge < -0.3 is 31.3 Å². The fraction of sp³-hybridized carbons (Fsp3) is 0.552. The fourth-order valence-corrected chi connectivity index (χ4v) is 5.15. The van der Waals surface area contributed by atoms with E-state index in [2.05, 4.69) is 10.6 Å². The molecule has 6 N–H and O–H groups in total. The molecule has 0 unspecified atom stereocenters. The second kappa shape index (κ2) is 12.6. The van der Waals surface area contributed by atoms with Gasteiger partial charge in [0.25, 0.3) is 0 Å². The molecule has 1 aromatic rings. The maximum absolute atomic E-state index is 13.8. The third-order valence-electron chi connectivity index (χ3n) is 7.49. The normalized spacial score (nSPS) is 19.6. The molecule has 0 aromatic heterocycles. The molecule has 0 bridgehead atoms. The Morgan fingerprint density at radius 1 is 0.974 bits per heavy atom. The molecule has 1 aliphatic heterocycles. The Kier molecular flexibility index (Phi) is 9.73. The lowest BCUT2D eigenvalue weighted by molar-refractivity contribution is -0.123. The second-order valence-electron chi connectivity index (χ2n) is 10.3. The monoisotopic (exact) mass is 527 g/mol. The second-order valence-corrected chi connectivity index (χ2v) is 10.3. The van der Waals surface area contributed by atoms with Crippen LogP contribution in [-0.2, 0) is 15.0 Å². The zero-order valence-electron chi connectivity index (χ0n) is 23.0. The summed E-state index contributed by atoms with van der Waals surface area (Å²) in [5.41, 5.74) is 4.53. The number of fused-ring (bicyclic) bond motifs is 3. The van der Waals surface area contributed by atoms with Gasteiger partial charge in [-0.1, -0.05) is 19.3 Å². The number of hydrogen-bond acceptors (Lipinski definition) is 9.